The summed E-state index contributed by atoms with van der Waals surface area (Å²) in [5.41, 5.74) is 2.64. The number of hydrogen-bond donors (Lipinski definition) is 2. The summed E-state index contributed by atoms with van der Waals surface area (Å²) in [6.45, 7) is 2.93. The summed E-state index contributed by atoms with van der Waals surface area (Å²) in [4.78, 5) is 0. The van der Waals surface area contributed by atoms with Crippen LogP contribution in [-0.2, 0) is 6.61 Å². The van der Waals surface area contributed by atoms with E-state index in [1.165, 1.54) is 36.9 Å². The molecule has 0 bridgehead atoms. The predicted molar refractivity (Wildman–Crippen MR) is 97.4 cm³/mol. The normalized spacial score (nSPS) is 26.1. The van der Waals surface area contributed by atoms with Crippen molar-refractivity contribution in [2.75, 3.05) is 13.1 Å². The van der Waals surface area contributed by atoms with Crippen molar-refractivity contribution in [3.05, 3.63) is 65.7 Å². The molecule has 3 atom stereocenters. The number of hydrogen-bond acceptors (Lipinski definition) is 3. The van der Waals surface area contributed by atoms with Crippen LogP contribution in [0, 0.1) is 0 Å². The average molecular weight is 322 g/mol. The second-order valence-corrected chi connectivity index (χ2v) is 7.00. The lowest BCUT2D eigenvalue weighted by Crippen LogP contribution is -2.44. The lowest BCUT2D eigenvalue weighted by atomic mass is 10.1. The van der Waals surface area contributed by atoms with Crippen LogP contribution >= 0.6 is 0 Å². The van der Waals surface area contributed by atoms with Gasteiger partial charge in [-0.2, -0.15) is 0 Å². The molecule has 1 saturated carbocycles. The summed E-state index contributed by atoms with van der Waals surface area (Å²) >= 11 is 0. The molecule has 2 aromatic rings. The molecule has 0 spiro atoms. The van der Waals surface area contributed by atoms with Crippen molar-refractivity contribution in [3.8, 4) is 5.75 Å². The molecule has 0 radical (unpaired) electrons. The van der Waals surface area contributed by atoms with Crippen molar-refractivity contribution < 1.29 is 4.74 Å². The number of nitrogens with one attached hydrogen (secondary N) is 2. The minimum absolute atomic E-state index is 0.627. The molecule has 4 rings (SSSR count). The van der Waals surface area contributed by atoms with Crippen LogP contribution in [0.25, 0.3) is 0 Å². The molecule has 1 unspecified atom stereocenters. The predicted octanol–water partition coefficient (Wildman–Crippen LogP) is 3.46. The first-order valence-corrected chi connectivity index (χ1v) is 9.12. The third-order valence-corrected chi connectivity index (χ3v) is 5.09. The van der Waals surface area contributed by atoms with Crippen LogP contribution in [-0.4, -0.2) is 25.2 Å². The summed E-state index contributed by atoms with van der Waals surface area (Å²) in [6, 6.07) is 20.3. The zero-order chi connectivity index (χ0) is 16.2. The fraction of sp³-hybridized carbons (Fsp3) is 0.429. The molecule has 2 N–H and O–H groups in total. The Bertz CT molecular complexity index is 635. The summed E-state index contributed by atoms with van der Waals surface area (Å²) in [5.74, 6) is 1.62. The van der Waals surface area contributed by atoms with Gasteiger partial charge in [-0.15, -0.1) is 0 Å². The van der Waals surface area contributed by atoms with Crippen LogP contribution < -0.4 is 15.4 Å². The van der Waals surface area contributed by atoms with Gasteiger partial charge in [0, 0.05) is 24.5 Å². The molecule has 1 saturated heterocycles. The van der Waals surface area contributed by atoms with E-state index in [4.69, 9.17) is 4.74 Å². The van der Waals surface area contributed by atoms with E-state index in [0.717, 1.165) is 12.3 Å². The molecule has 3 heteroatoms. The maximum absolute atomic E-state index is 5.87. The summed E-state index contributed by atoms with van der Waals surface area (Å²) in [6.07, 6.45) is 3.87. The molecule has 0 aromatic heterocycles. The Hall–Kier alpha value is -1.84. The second-order valence-electron chi connectivity index (χ2n) is 7.00. The molecule has 1 heterocycles. The van der Waals surface area contributed by atoms with Gasteiger partial charge >= 0.3 is 0 Å². The highest BCUT2D eigenvalue weighted by Gasteiger charge is 2.39. The molecule has 2 fully saturated rings. The maximum atomic E-state index is 5.87. The van der Waals surface area contributed by atoms with Gasteiger partial charge in [-0.3, -0.25) is 0 Å². The Kier molecular flexibility index (Phi) is 4.81. The van der Waals surface area contributed by atoms with E-state index in [0.29, 0.717) is 24.6 Å². The van der Waals surface area contributed by atoms with Gasteiger partial charge in [0.25, 0.3) is 0 Å². The number of piperidine rings is 1. The molecular formula is C21H26N2O. The molecule has 1 aliphatic carbocycles. The average Bonchev–Trinajstić information content (AvgIpc) is 3.41. The Morgan fingerprint density at radius 3 is 2.62 bits per heavy atom. The number of ether oxygens (including phenoxy) is 1. The zero-order valence-electron chi connectivity index (χ0n) is 14.1. The van der Waals surface area contributed by atoms with Gasteiger partial charge in [-0.05, 0) is 49.1 Å². The summed E-state index contributed by atoms with van der Waals surface area (Å²) in [7, 11) is 0. The highest BCUT2D eigenvalue weighted by molar-refractivity contribution is 5.34. The Morgan fingerprint density at radius 2 is 1.88 bits per heavy atom. The molecule has 24 heavy (non-hydrogen) atoms. The highest BCUT2D eigenvalue weighted by atomic mass is 16.5. The van der Waals surface area contributed by atoms with Gasteiger partial charge in [0.15, 0.2) is 0 Å². The fourth-order valence-electron chi connectivity index (χ4n) is 3.60. The van der Waals surface area contributed by atoms with E-state index < -0.39 is 0 Å². The van der Waals surface area contributed by atoms with E-state index in [-0.39, 0.29) is 0 Å². The van der Waals surface area contributed by atoms with Crippen LogP contribution in [0.1, 0.15) is 36.3 Å². The SMILES string of the molecule is c1ccc(COc2ccc([C@@H]3C[C@H]3NC3CCCNC3)cc2)cc1. The number of rotatable bonds is 6. The van der Waals surface area contributed by atoms with Crippen LogP contribution in [0.15, 0.2) is 54.6 Å². The first-order chi connectivity index (χ1) is 11.9. The van der Waals surface area contributed by atoms with Crippen molar-refractivity contribution in [2.45, 2.75) is 43.9 Å². The minimum Gasteiger partial charge on any atom is -0.489 e. The first-order valence-electron chi connectivity index (χ1n) is 9.12. The van der Waals surface area contributed by atoms with Crippen LogP contribution in [0.5, 0.6) is 5.75 Å². The van der Waals surface area contributed by atoms with Gasteiger partial charge in [-0.25, -0.2) is 0 Å². The Morgan fingerprint density at radius 1 is 1.04 bits per heavy atom. The van der Waals surface area contributed by atoms with E-state index in [1.807, 2.05) is 18.2 Å². The van der Waals surface area contributed by atoms with Gasteiger partial charge < -0.3 is 15.4 Å². The summed E-state index contributed by atoms with van der Waals surface area (Å²) < 4.78 is 5.87. The van der Waals surface area contributed by atoms with Crippen molar-refractivity contribution in [2.24, 2.45) is 0 Å². The lowest BCUT2D eigenvalue weighted by Gasteiger charge is -2.24. The van der Waals surface area contributed by atoms with Crippen molar-refractivity contribution in [1.82, 2.24) is 10.6 Å². The van der Waals surface area contributed by atoms with E-state index in [1.54, 1.807) is 0 Å². The fourth-order valence-corrected chi connectivity index (χ4v) is 3.60. The minimum atomic E-state index is 0.627. The van der Waals surface area contributed by atoms with E-state index in [9.17, 15) is 0 Å². The van der Waals surface area contributed by atoms with Crippen LogP contribution in [0.3, 0.4) is 0 Å². The Labute approximate surface area is 144 Å². The molecular weight excluding hydrogens is 296 g/mol. The van der Waals surface area contributed by atoms with Crippen LogP contribution in [0.4, 0.5) is 0 Å². The third kappa shape index (κ3) is 3.97. The standard InChI is InChI=1S/C21H26N2O/c1-2-5-16(6-3-1)15-24-19-10-8-17(9-11-19)20-13-21(20)23-18-7-4-12-22-14-18/h1-3,5-6,8-11,18,20-23H,4,7,12-15H2/t18?,20-,21+/m0/s1. The lowest BCUT2D eigenvalue weighted by molar-refractivity contribution is 0.306. The largest absolute Gasteiger partial charge is 0.489 e. The highest BCUT2D eigenvalue weighted by Crippen LogP contribution is 2.41. The monoisotopic (exact) mass is 322 g/mol. The molecule has 0 amide bonds. The van der Waals surface area contributed by atoms with Crippen molar-refractivity contribution in [1.29, 1.82) is 0 Å². The summed E-state index contributed by atoms with van der Waals surface area (Å²) in [5, 5.41) is 7.29. The molecule has 2 aliphatic rings. The molecule has 2 aromatic carbocycles. The topological polar surface area (TPSA) is 33.3 Å². The smallest absolute Gasteiger partial charge is 0.119 e. The second kappa shape index (κ2) is 7.37. The first kappa shape index (κ1) is 15.7. The van der Waals surface area contributed by atoms with E-state index >= 15 is 0 Å². The molecule has 1 aliphatic heterocycles. The zero-order valence-corrected chi connectivity index (χ0v) is 14.1. The van der Waals surface area contributed by atoms with Crippen LogP contribution in [0.2, 0.25) is 0 Å². The van der Waals surface area contributed by atoms with Crippen molar-refractivity contribution >= 4 is 0 Å². The maximum Gasteiger partial charge on any atom is 0.119 e. The number of benzene rings is 2. The van der Waals surface area contributed by atoms with E-state index in [2.05, 4.69) is 47.0 Å². The molecule has 126 valence electrons. The van der Waals surface area contributed by atoms with Gasteiger partial charge in [0.2, 0.25) is 0 Å². The Balaban J connectivity index is 1.27. The van der Waals surface area contributed by atoms with Gasteiger partial charge in [0.1, 0.15) is 12.4 Å². The van der Waals surface area contributed by atoms with Gasteiger partial charge in [-0.1, -0.05) is 42.5 Å². The van der Waals surface area contributed by atoms with Crippen molar-refractivity contribution in [3.63, 3.8) is 0 Å². The van der Waals surface area contributed by atoms with Gasteiger partial charge in [0.05, 0.1) is 0 Å². The third-order valence-electron chi connectivity index (χ3n) is 5.09. The quantitative estimate of drug-likeness (QED) is 0.854. The molecule has 3 nitrogen and oxygen atoms in total.